The molecule has 0 aliphatic heterocycles. The number of nitrogens with two attached hydrogens (primary N) is 1. The van der Waals surface area contributed by atoms with Gasteiger partial charge in [0.15, 0.2) is 0 Å². The summed E-state index contributed by atoms with van der Waals surface area (Å²) in [4.78, 5) is 17.6. The van der Waals surface area contributed by atoms with Crippen LogP contribution in [0.2, 0.25) is 5.15 Å². The molecule has 1 aromatic heterocycles. The summed E-state index contributed by atoms with van der Waals surface area (Å²) in [5, 5.41) is 0.195. The lowest BCUT2D eigenvalue weighted by Gasteiger charge is -2.17. The molecule has 94 valence electrons. The molecule has 1 aromatic rings. The molecule has 0 spiro atoms. The number of carbonyl (C=O) groups is 1. The largest absolute Gasteiger partial charge is 0.397 e. The van der Waals surface area contributed by atoms with Crippen molar-refractivity contribution in [3.05, 3.63) is 23.0 Å². The highest BCUT2D eigenvalue weighted by atomic mass is 35.5. The molecular weight excluding hydrogens is 258 g/mol. The van der Waals surface area contributed by atoms with Gasteiger partial charge >= 0.3 is 0 Å². The Hall–Kier alpha value is -0.940. The number of carbonyl (C=O) groups excluding carboxylic acids is 1. The highest BCUT2D eigenvalue weighted by molar-refractivity contribution is 7.98. The summed E-state index contributed by atoms with van der Waals surface area (Å²) in [6.07, 6.45) is 4.43. The number of nitrogen functional groups attached to an aromatic ring is 1. The molecule has 0 saturated heterocycles. The number of nitrogens with zero attached hydrogens (tertiary/aromatic N) is 2. The minimum Gasteiger partial charge on any atom is -0.397 e. The maximum atomic E-state index is 12.1. The average Bonchev–Trinajstić information content (AvgIpc) is 2.31. The second kappa shape index (κ2) is 6.71. The highest BCUT2D eigenvalue weighted by Crippen LogP contribution is 2.17. The van der Waals surface area contributed by atoms with E-state index in [1.807, 2.05) is 6.26 Å². The van der Waals surface area contributed by atoms with Gasteiger partial charge in [-0.15, -0.1) is 0 Å². The fourth-order valence-corrected chi connectivity index (χ4v) is 1.97. The molecule has 0 saturated carbocycles. The van der Waals surface area contributed by atoms with E-state index in [9.17, 15) is 4.79 Å². The van der Waals surface area contributed by atoms with E-state index in [2.05, 4.69) is 4.98 Å². The van der Waals surface area contributed by atoms with E-state index in [-0.39, 0.29) is 11.1 Å². The molecule has 0 radical (unpaired) electrons. The summed E-state index contributed by atoms with van der Waals surface area (Å²) < 4.78 is 0. The Bertz CT molecular complexity index is 400. The molecule has 1 heterocycles. The van der Waals surface area contributed by atoms with E-state index in [0.717, 1.165) is 12.2 Å². The van der Waals surface area contributed by atoms with Gasteiger partial charge in [0.05, 0.1) is 17.4 Å². The summed E-state index contributed by atoms with van der Waals surface area (Å²) in [5.74, 6) is 0.886. The Morgan fingerprint density at radius 1 is 1.65 bits per heavy atom. The van der Waals surface area contributed by atoms with Crippen LogP contribution in [0.15, 0.2) is 12.3 Å². The average molecular weight is 274 g/mol. The zero-order chi connectivity index (χ0) is 12.8. The molecule has 4 nitrogen and oxygen atoms in total. The molecule has 6 heteroatoms. The molecule has 1 amide bonds. The van der Waals surface area contributed by atoms with Gasteiger partial charge in [0.1, 0.15) is 5.15 Å². The van der Waals surface area contributed by atoms with Gasteiger partial charge in [-0.2, -0.15) is 11.8 Å². The maximum absolute atomic E-state index is 12.1. The molecule has 0 unspecified atom stereocenters. The van der Waals surface area contributed by atoms with Gasteiger partial charge in [-0.1, -0.05) is 11.6 Å². The highest BCUT2D eigenvalue weighted by Gasteiger charge is 2.15. The Morgan fingerprint density at radius 2 is 2.35 bits per heavy atom. The van der Waals surface area contributed by atoms with E-state index in [1.54, 1.807) is 29.8 Å². The Morgan fingerprint density at radius 3 is 3.00 bits per heavy atom. The van der Waals surface area contributed by atoms with Gasteiger partial charge in [0.2, 0.25) is 0 Å². The van der Waals surface area contributed by atoms with Crippen LogP contribution in [-0.2, 0) is 0 Å². The Kier molecular flexibility index (Phi) is 5.58. The lowest BCUT2D eigenvalue weighted by molar-refractivity contribution is 0.0795. The van der Waals surface area contributed by atoms with Crippen LogP contribution >= 0.6 is 23.4 Å². The normalized spacial score (nSPS) is 10.3. The second-order valence-corrected chi connectivity index (χ2v) is 5.02. The molecule has 0 atom stereocenters. The summed E-state index contributed by atoms with van der Waals surface area (Å²) in [6.45, 7) is 0.699. The number of halogens is 1. The summed E-state index contributed by atoms with van der Waals surface area (Å²) in [5.41, 5.74) is 6.39. The maximum Gasteiger partial charge on any atom is 0.256 e. The fraction of sp³-hybridized carbons (Fsp3) is 0.455. The molecule has 0 fully saturated rings. The van der Waals surface area contributed by atoms with Crippen LogP contribution in [0, 0.1) is 0 Å². The van der Waals surface area contributed by atoms with Crippen molar-refractivity contribution >= 4 is 35.0 Å². The van der Waals surface area contributed by atoms with Gasteiger partial charge < -0.3 is 10.6 Å². The van der Waals surface area contributed by atoms with Gasteiger partial charge in [0.25, 0.3) is 5.91 Å². The number of hydrogen-bond donors (Lipinski definition) is 1. The van der Waals surface area contributed by atoms with E-state index < -0.39 is 0 Å². The first-order chi connectivity index (χ1) is 8.06. The predicted molar refractivity (Wildman–Crippen MR) is 73.6 cm³/mol. The second-order valence-electron chi connectivity index (χ2n) is 3.68. The molecular formula is C11H16ClN3OS. The SMILES string of the molecule is CSCCCN(C)C(=O)c1cc(N)cnc1Cl. The van der Waals surface area contributed by atoms with Gasteiger partial charge in [0, 0.05) is 13.6 Å². The lowest BCUT2D eigenvalue weighted by atomic mass is 10.2. The van der Waals surface area contributed by atoms with Crippen LogP contribution in [0.1, 0.15) is 16.8 Å². The van der Waals surface area contributed by atoms with Gasteiger partial charge in [-0.05, 0) is 24.5 Å². The molecule has 17 heavy (non-hydrogen) atoms. The van der Waals surface area contributed by atoms with E-state index in [1.165, 1.54) is 6.20 Å². The molecule has 0 bridgehead atoms. The Balaban J connectivity index is 2.71. The van der Waals surface area contributed by atoms with Crippen molar-refractivity contribution in [2.45, 2.75) is 6.42 Å². The molecule has 0 aromatic carbocycles. The third-order valence-corrected chi connectivity index (χ3v) is 3.28. The number of aromatic nitrogens is 1. The van der Waals surface area contributed by atoms with Crippen molar-refractivity contribution in [1.29, 1.82) is 0 Å². The molecule has 1 rings (SSSR count). The first-order valence-electron chi connectivity index (χ1n) is 5.21. The van der Waals surface area contributed by atoms with Crippen LogP contribution in [0.5, 0.6) is 0 Å². The number of rotatable bonds is 5. The fourth-order valence-electron chi connectivity index (χ4n) is 1.37. The predicted octanol–water partition coefficient (Wildman–Crippen LogP) is 2.14. The van der Waals surface area contributed by atoms with Crippen molar-refractivity contribution in [3.63, 3.8) is 0 Å². The quantitative estimate of drug-likeness (QED) is 0.660. The minimum atomic E-state index is -0.143. The van der Waals surface area contributed by atoms with Gasteiger partial charge in [-0.25, -0.2) is 4.98 Å². The monoisotopic (exact) mass is 273 g/mol. The van der Waals surface area contributed by atoms with Crippen LogP contribution in [0.4, 0.5) is 5.69 Å². The standard InChI is InChI=1S/C11H16ClN3OS/c1-15(4-3-5-17-2)11(16)9-6-8(13)7-14-10(9)12/h6-7H,3-5,13H2,1-2H3. The number of pyridine rings is 1. The number of thioether (sulfide) groups is 1. The number of hydrogen-bond acceptors (Lipinski definition) is 4. The first kappa shape index (κ1) is 14.1. The van der Waals surface area contributed by atoms with Gasteiger partial charge in [-0.3, -0.25) is 4.79 Å². The third kappa shape index (κ3) is 4.09. The van der Waals surface area contributed by atoms with E-state index in [4.69, 9.17) is 17.3 Å². The molecule has 0 aliphatic rings. The van der Waals surface area contributed by atoms with Crippen molar-refractivity contribution in [2.24, 2.45) is 0 Å². The summed E-state index contributed by atoms with van der Waals surface area (Å²) in [7, 11) is 1.75. The van der Waals surface area contributed by atoms with Crippen LogP contribution in [0.25, 0.3) is 0 Å². The lowest BCUT2D eigenvalue weighted by Crippen LogP contribution is -2.28. The van der Waals surface area contributed by atoms with Crippen molar-refractivity contribution in [2.75, 3.05) is 31.3 Å². The number of anilines is 1. The van der Waals surface area contributed by atoms with Crippen molar-refractivity contribution in [1.82, 2.24) is 9.88 Å². The molecule has 0 aliphatic carbocycles. The number of amides is 1. The van der Waals surface area contributed by atoms with E-state index >= 15 is 0 Å². The summed E-state index contributed by atoms with van der Waals surface area (Å²) in [6, 6.07) is 1.56. The Labute approximate surface area is 111 Å². The van der Waals surface area contributed by atoms with Crippen LogP contribution in [-0.4, -0.2) is 41.4 Å². The van der Waals surface area contributed by atoms with Crippen LogP contribution < -0.4 is 5.73 Å². The third-order valence-electron chi connectivity index (χ3n) is 2.28. The van der Waals surface area contributed by atoms with E-state index in [0.29, 0.717) is 17.8 Å². The minimum absolute atomic E-state index is 0.143. The zero-order valence-corrected chi connectivity index (χ0v) is 11.5. The summed E-state index contributed by atoms with van der Waals surface area (Å²) >= 11 is 7.64. The molecule has 2 N–H and O–H groups in total. The van der Waals surface area contributed by atoms with Crippen LogP contribution in [0.3, 0.4) is 0 Å². The smallest absolute Gasteiger partial charge is 0.256 e. The van der Waals surface area contributed by atoms with Crippen molar-refractivity contribution < 1.29 is 4.79 Å². The van der Waals surface area contributed by atoms with Crippen molar-refractivity contribution in [3.8, 4) is 0 Å². The zero-order valence-electron chi connectivity index (χ0n) is 9.94. The first-order valence-corrected chi connectivity index (χ1v) is 6.99. The topological polar surface area (TPSA) is 59.2 Å².